The summed E-state index contributed by atoms with van der Waals surface area (Å²) < 4.78 is 24.9. The smallest absolute Gasteiger partial charge is 0.407 e. The predicted molar refractivity (Wildman–Crippen MR) is 170 cm³/mol. The standard InChI is InChI=1S/C35H38N4O5/c1-35(2,3)44-34(40)36-19-7-21-41-27-16-17-30-29(22-27)37-23-39(30)31-18-13-25-8-6-9-28(33(25)38-31)24-11-14-26(15-12-24)43-32-10-4-5-20-42-32/h6,8-9,11-18,22-23,32H,4-5,7,10,19-21H2,1-3H3,(H,36,40). The van der Waals surface area contributed by atoms with Crippen molar-refractivity contribution in [3.63, 3.8) is 0 Å². The largest absolute Gasteiger partial charge is 0.493 e. The summed E-state index contributed by atoms with van der Waals surface area (Å²) in [6.07, 6.45) is 4.99. The first-order valence-corrected chi connectivity index (χ1v) is 15.2. The SMILES string of the molecule is CC(C)(C)OC(=O)NCCCOc1ccc2c(c1)ncn2-c1ccc2cccc(-c3ccc(OC4CCCCO4)cc3)c2n1. The molecule has 0 spiro atoms. The number of aromatic nitrogens is 3. The van der Waals surface area contributed by atoms with Crippen molar-refractivity contribution >= 4 is 28.0 Å². The van der Waals surface area contributed by atoms with E-state index in [9.17, 15) is 4.79 Å². The van der Waals surface area contributed by atoms with Gasteiger partial charge in [0.2, 0.25) is 0 Å². The van der Waals surface area contributed by atoms with Gasteiger partial charge in [0, 0.05) is 30.0 Å². The monoisotopic (exact) mass is 594 g/mol. The van der Waals surface area contributed by atoms with Crippen LogP contribution >= 0.6 is 0 Å². The normalized spacial score (nSPS) is 15.3. The summed E-state index contributed by atoms with van der Waals surface area (Å²) in [5, 5.41) is 3.81. The second-order valence-electron chi connectivity index (χ2n) is 11.9. The quantitative estimate of drug-likeness (QED) is 0.177. The summed E-state index contributed by atoms with van der Waals surface area (Å²) >= 11 is 0. The van der Waals surface area contributed by atoms with Crippen LogP contribution in [0, 0.1) is 0 Å². The summed E-state index contributed by atoms with van der Waals surface area (Å²) in [4.78, 5) is 21.5. The fourth-order valence-electron chi connectivity index (χ4n) is 5.20. The molecule has 1 unspecified atom stereocenters. The van der Waals surface area contributed by atoms with Gasteiger partial charge in [0.05, 0.1) is 29.8 Å². The number of nitrogens with zero attached hydrogens (tertiary/aromatic N) is 3. The zero-order valence-corrected chi connectivity index (χ0v) is 25.4. The van der Waals surface area contributed by atoms with Crippen LogP contribution in [0.1, 0.15) is 46.5 Å². The molecule has 3 aromatic carbocycles. The summed E-state index contributed by atoms with van der Waals surface area (Å²) in [5.41, 5.74) is 4.25. The molecule has 1 aliphatic rings. The Balaban J connectivity index is 1.14. The Morgan fingerprint density at radius 1 is 1.02 bits per heavy atom. The summed E-state index contributed by atoms with van der Waals surface area (Å²) in [5.74, 6) is 2.31. The lowest BCUT2D eigenvalue weighted by atomic mass is 10.0. The van der Waals surface area contributed by atoms with Gasteiger partial charge >= 0.3 is 6.09 Å². The second kappa shape index (κ2) is 12.9. The number of benzene rings is 3. The molecule has 228 valence electrons. The van der Waals surface area contributed by atoms with E-state index in [1.165, 1.54) is 0 Å². The van der Waals surface area contributed by atoms with E-state index in [0.717, 1.165) is 76.2 Å². The molecule has 1 saturated heterocycles. The number of hydrogen-bond acceptors (Lipinski definition) is 7. The number of rotatable bonds is 9. The Morgan fingerprint density at radius 3 is 2.66 bits per heavy atom. The van der Waals surface area contributed by atoms with Gasteiger partial charge < -0.3 is 24.3 Å². The molecule has 0 radical (unpaired) electrons. The van der Waals surface area contributed by atoms with Crippen molar-refractivity contribution in [3.05, 3.63) is 79.1 Å². The van der Waals surface area contributed by atoms with E-state index in [4.69, 9.17) is 23.9 Å². The van der Waals surface area contributed by atoms with Crippen molar-refractivity contribution in [2.45, 2.75) is 58.3 Å². The first-order chi connectivity index (χ1) is 21.3. The minimum atomic E-state index is -0.518. The maximum Gasteiger partial charge on any atom is 0.407 e. The van der Waals surface area contributed by atoms with Gasteiger partial charge in [0.25, 0.3) is 0 Å². The van der Waals surface area contributed by atoms with Crippen molar-refractivity contribution in [3.8, 4) is 28.4 Å². The number of carbonyl (C=O) groups excluding carboxylic acids is 1. The highest BCUT2D eigenvalue weighted by Crippen LogP contribution is 2.31. The molecule has 9 nitrogen and oxygen atoms in total. The van der Waals surface area contributed by atoms with Crippen molar-refractivity contribution in [1.29, 1.82) is 0 Å². The molecule has 3 heterocycles. The van der Waals surface area contributed by atoms with Crippen LogP contribution in [0.25, 0.3) is 38.9 Å². The minimum Gasteiger partial charge on any atom is -0.493 e. The zero-order chi connectivity index (χ0) is 30.5. The predicted octanol–water partition coefficient (Wildman–Crippen LogP) is 7.44. The second-order valence-corrected chi connectivity index (χ2v) is 11.9. The lowest BCUT2D eigenvalue weighted by Crippen LogP contribution is -2.33. The molecule has 1 atom stereocenters. The number of amides is 1. The Labute approximate surface area is 257 Å². The molecule has 1 amide bonds. The Hall–Kier alpha value is -4.63. The van der Waals surface area contributed by atoms with Gasteiger partial charge in [-0.15, -0.1) is 0 Å². The summed E-state index contributed by atoms with van der Waals surface area (Å²) in [7, 11) is 0. The highest BCUT2D eigenvalue weighted by atomic mass is 16.7. The van der Waals surface area contributed by atoms with Gasteiger partial charge in [-0.2, -0.15) is 0 Å². The number of pyridine rings is 1. The van der Waals surface area contributed by atoms with Crippen molar-refractivity contribution < 1.29 is 23.7 Å². The van der Waals surface area contributed by atoms with Gasteiger partial charge in [0.15, 0.2) is 6.29 Å². The van der Waals surface area contributed by atoms with Crippen molar-refractivity contribution in [1.82, 2.24) is 19.9 Å². The molecule has 0 aliphatic carbocycles. The summed E-state index contributed by atoms with van der Waals surface area (Å²) in [6.45, 7) is 7.19. The minimum absolute atomic E-state index is 0.169. The molecule has 1 N–H and O–H groups in total. The number of ether oxygens (including phenoxy) is 4. The van der Waals surface area contributed by atoms with Gasteiger partial charge in [-0.1, -0.05) is 30.3 Å². The van der Waals surface area contributed by atoms with Gasteiger partial charge in [-0.3, -0.25) is 4.57 Å². The molecule has 5 aromatic rings. The third-order valence-corrected chi connectivity index (χ3v) is 7.30. The number of nitrogens with one attached hydrogen (secondary N) is 1. The van der Waals surface area contributed by atoms with Crippen LogP contribution in [0.2, 0.25) is 0 Å². The highest BCUT2D eigenvalue weighted by molar-refractivity contribution is 5.94. The fraction of sp³-hybridized carbons (Fsp3) is 0.343. The molecular weight excluding hydrogens is 556 g/mol. The molecule has 0 saturated carbocycles. The number of hydrogen-bond donors (Lipinski definition) is 1. The van der Waals surface area contributed by atoms with Crippen LogP contribution in [-0.4, -0.2) is 52.3 Å². The van der Waals surface area contributed by atoms with E-state index in [0.29, 0.717) is 19.6 Å². The molecule has 1 aliphatic heterocycles. The van der Waals surface area contributed by atoms with Crippen LogP contribution in [0.15, 0.2) is 79.1 Å². The third-order valence-electron chi connectivity index (χ3n) is 7.30. The number of imidazole rings is 1. The number of alkyl carbamates (subject to hydrolysis) is 1. The molecule has 0 bridgehead atoms. The van der Waals surface area contributed by atoms with Crippen LogP contribution in [0.5, 0.6) is 11.5 Å². The van der Waals surface area contributed by atoms with Crippen LogP contribution in [0.4, 0.5) is 4.79 Å². The van der Waals surface area contributed by atoms with Crippen LogP contribution in [-0.2, 0) is 9.47 Å². The van der Waals surface area contributed by atoms with Crippen LogP contribution < -0.4 is 14.8 Å². The van der Waals surface area contributed by atoms with E-state index < -0.39 is 11.7 Å². The first kappa shape index (κ1) is 29.4. The number of fused-ring (bicyclic) bond motifs is 2. The molecule has 2 aromatic heterocycles. The zero-order valence-electron chi connectivity index (χ0n) is 25.4. The van der Waals surface area contributed by atoms with E-state index >= 15 is 0 Å². The molecule has 9 heteroatoms. The van der Waals surface area contributed by atoms with Crippen LogP contribution in [0.3, 0.4) is 0 Å². The van der Waals surface area contributed by atoms with Gasteiger partial charge in [-0.25, -0.2) is 14.8 Å². The van der Waals surface area contributed by atoms with E-state index in [-0.39, 0.29) is 6.29 Å². The maximum absolute atomic E-state index is 11.8. The summed E-state index contributed by atoms with van der Waals surface area (Å²) in [6, 6.07) is 24.3. The highest BCUT2D eigenvalue weighted by Gasteiger charge is 2.17. The Kier molecular flexibility index (Phi) is 8.65. The fourth-order valence-corrected chi connectivity index (χ4v) is 5.20. The number of para-hydroxylation sites is 1. The number of carbonyl (C=O) groups is 1. The lowest BCUT2D eigenvalue weighted by molar-refractivity contribution is -0.105. The van der Waals surface area contributed by atoms with E-state index in [1.807, 2.05) is 61.7 Å². The average Bonchev–Trinajstić information content (AvgIpc) is 3.44. The Morgan fingerprint density at radius 2 is 1.86 bits per heavy atom. The van der Waals surface area contributed by atoms with Gasteiger partial charge in [-0.05, 0) is 82.0 Å². The molecule has 44 heavy (non-hydrogen) atoms. The average molecular weight is 595 g/mol. The third kappa shape index (κ3) is 7.11. The molecule has 6 rings (SSSR count). The van der Waals surface area contributed by atoms with Crippen molar-refractivity contribution in [2.75, 3.05) is 19.8 Å². The van der Waals surface area contributed by atoms with Crippen molar-refractivity contribution in [2.24, 2.45) is 0 Å². The first-order valence-electron chi connectivity index (χ1n) is 15.2. The van der Waals surface area contributed by atoms with E-state index in [2.05, 4.69) is 46.7 Å². The molecular formula is C35H38N4O5. The maximum atomic E-state index is 11.8. The lowest BCUT2D eigenvalue weighted by Gasteiger charge is -2.23. The topological polar surface area (TPSA) is 96.7 Å². The van der Waals surface area contributed by atoms with Gasteiger partial charge in [0.1, 0.15) is 29.2 Å². The molecule has 1 fully saturated rings. The van der Waals surface area contributed by atoms with E-state index in [1.54, 1.807) is 6.33 Å². The Bertz CT molecular complexity index is 1740.